The van der Waals surface area contributed by atoms with Crippen LogP contribution in [-0.4, -0.2) is 50.6 Å². The summed E-state index contributed by atoms with van der Waals surface area (Å²) in [4.78, 5) is 27.1. The summed E-state index contributed by atoms with van der Waals surface area (Å²) in [5.41, 5.74) is 1.65. The van der Waals surface area contributed by atoms with Crippen molar-refractivity contribution in [2.45, 2.75) is 25.7 Å². The van der Waals surface area contributed by atoms with E-state index >= 15 is 0 Å². The highest BCUT2D eigenvalue weighted by molar-refractivity contribution is 6.33. The Morgan fingerprint density at radius 2 is 1.92 bits per heavy atom. The van der Waals surface area contributed by atoms with Crippen LogP contribution in [0.15, 0.2) is 18.2 Å². The second-order valence-corrected chi connectivity index (χ2v) is 6.54. The number of nitrogens with zero attached hydrogens (tertiary/aromatic N) is 2. The lowest BCUT2D eigenvalue weighted by Crippen LogP contribution is -2.33. The summed E-state index contributed by atoms with van der Waals surface area (Å²) in [5, 5.41) is 6.04. The van der Waals surface area contributed by atoms with Crippen LogP contribution in [-0.2, 0) is 4.79 Å². The van der Waals surface area contributed by atoms with Gasteiger partial charge in [0.25, 0.3) is 0 Å². The molecular formula is C17H25ClN4O2. The Hall–Kier alpha value is -1.95. The number of halogens is 1. The van der Waals surface area contributed by atoms with E-state index in [-0.39, 0.29) is 18.4 Å². The molecule has 1 saturated heterocycles. The maximum Gasteiger partial charge on any atom is 0.319 e. The Bertz CT molecular complexity index is 586. The highest BCUT2D eigenvalue weighted by Crippen LogP contribution is 2.30. The van der Waals surface area contributed by atoms with E-state index < -0.39 is 0 Å². The molecule has 0 unspecified atom stereocenters. The third-order valence-corrected chi connectivity index (χ3v) is 4.33. The maximum atomic E-state index is 11.9. The average Bonchev–Trinajstić information content (AvgIpc) is 2.55. The summed E-state index contributed by atoms with van der Waals surface area (Å²) in [7, 11) is 3.38. The Morgan fingerprint density at radius 3 is 2.54 bits per heavy atom. The van der Waals surface area contributed by atoms with Gasteiger partial charge in [0.05, 0.1) is 10.7 Å². The largest absolute Gasteiger partial charge is 0.370 e. The van der Waals surface area contributed by atoms with Crippen LogP contribution in [0.25, 0.3) is 0 Å². The molecule has 6 nitrogen and oxygen atoms in total. The Balaban J connectivity index is 1.85. The van der Waals surface area contributed by atoms with E-state index in [1.807, 2.05) is 12.1 Å². The fourth-order valence-corrected chi connectivity index (χ4v) is 2.96. The first kappa shape index (κ1) is 18.4. The number of hydrogen-bond donors (Lipinski definition) is 2. The molecule has 1 heterocycles. The van der Waals surface area contributed by atoms with Gasteiger partial charge in [0.2, 0.25) is 5.91 Å². The van der Waals surface area contributed by atoms with Crippen LogP contribution in [0.4, 0.5) is 16.2 Å². The first-order valence-electron chi connectivity index (χ1n) is 8.27. The van der Waals surface area contributed by atoms with E-state index in [0.29, 0.717) is 17.3 Å². The molecule has 3 amide bonds. The van der Waals surface area contributed by atoms with Gasteiger partial charge in [-0.25, -0.2) is 4.79 Å². The van der Waals surface area contributed by atoms with Gasteiger partial charge in [-0.3, -0.25) is 4.79 Å². The number of benzene rings is 1. The smallest absolute Gasteiger partial charge is 0.319 e. The third-order valence-electron chi connectivity index (χ3n) is 4.03. The monoisotopic (exact) mass is 352 g/mol. The zero-order valence-corrected chi connectivity index (χ0v) is 15.0. The lowest BCUT2D eigenvalue weighted by molar-refractivity contribution is -0.128. The molecule has 0 atom stereocenters. The highest BCUT2D eigenvalue weighted by atomic mass is 35.5. The maximum absolute atomic E-state index is 11.9. The van der Waals surface area contributed by atoms with Crippen molar-refractivity contribution >= 4 is 34.9 Å². The second-order valence-electron chi connectivity index (χ2n) is 6.13. The lowest BCUT2D eigenvalue weighted by Gasteiger charge is -2.29. The van der Waals surface area contributed by atoms with Crippen LogP contribution in [0.5, 0.6) is 0 Å². The fourth-order valence-electron chi connectivity index (χ4n) is 2.66. The zero-order valence-electron chi connectivity index (χ0n) is 14.3. The van der Waals surface area contributed by atoms with Crippen LogP contribution >= 0.6 is 11.6 Å². The summed E-state index contributed by atoms with van der Waals surface area (Å²) in [6.07, 6.45) is 3.91. The predicted octanol–water partition coefficient (Wildman–Crippen LogP) is 2.93. The summed E-state index contributed by atoms with van der Waals surface area (Å²) in [6, 6.07) is 5.21. The van der Waals surface area contributed by atoms with Gasteiger partial charge in [0.1, 0.15) is 0 Å². The Morgan fingerprint density at radius 1 is 1.21 bits per heavy atom. The number of amides is 3. The standard InChI is InChI=1S/C17H25ClN4O2/c1-21(2)16(23)8-9-19-17(24)20-13-6-7-15(14(18)12-13)22-10-4-3-5-11-22/h6-7,12H,3-5,8-11H2,1-2H3,(H2,19,20,24). The van der Waals surface area contributed by atoms with Crippen LogP contribution < -0.4 is 15.5 Å². The lowest BCUT2D eigenvalue weighted by atomic mass is 10.1. The summed E-state index contributed by atoms with van der Waals surface area (Å²) < 4.78 is 0. The van der Waals surface area contributed by atoms with E-state index in [1.54, 1.807) is 20.2 Å². The molecule has 0 bridgehead atoms. The number of carbonyl (C=O) groups excluding carboxylic acids is 2. The molecule has 2 N–H and O–H groups in total. The molecule has 1 fully saturated rings. The summed E-state index contributed by atoms with van der Waals surface area (Å²) >= 11 is 6.36. The van der Waals surface area contributed by atoms with E-state index in [2.05, 4.69) is 15.5 Å². The van der Waals surface area contributed by atoms with Crippen LogP contribution in [0.2, 0.25) is 5.02 Å². The number of urea groups is 1. The van der Waals surface area contributed by atoms with Gasteiger partial charge < -0.3 is 20.4 Å². The number of carbonyl (C=O) groups is 2. The van der Waals surface area contributed by atoms with Crippen molar-refractivity contribution in [1.29, 1.82) is 0 Å². The normalized spacial score (nSPS) is 14.2. The van der Waals surface area contributed by atoms with Crippen molar-refractivity contribution in [3.8, 4) is 0 Å². The van der Waals surface area contributed by atoms with E-state index in [9.17, 15) is 9.59 Å². The van der Waals surface area contributed by atoms with Gasteiger partial charge in [0.15, 0.2) is 0 Å². The molecule has 24 heavy (non-hydrogen) atoms. The van der Waals surface area contributed by atoms with Crippen molar-refractivity contribution in [3.63, 3.8) is 0 Å². The average molecular weight is 353 g/mol. The van der Waals surface area contributed by atoms with Crippen molar-refractivity contribution < 1.29 is 9.59 Å². The van der Waals surface area contributed by atoms with Crippen molar-refractivity contribution in [3.05, 3.63) is 23.2 Å². The molecule has 0 saturated carbocycles. The molecule has 0 spiro atoms. The molecule has 2 rings (SSSR count). The van der Waals surface area contributed by atoms with Crippen molar-refractivity contribution in [1.82, 2.24) is 10.2 Å². The first-order chi connectivity index (χ1) is 11.5. The predicted molar refractivity (Wildman–Crippen MR) is 97.8 cm³/mol. The fraction of sp³-hybridized carbons (Fsp3) is 0.529. The molecule has 1 aliphatic rings. The minimum Gasteiger partial charge on any atom is -0.370 e. The summed E-state index contributed by atoms with van der Waals surface area (Å²) in [6.45, 7) is 2.34. The SMILES string of the molecule is CN(C)C(=O)CCNC(=O)Nc1ccc(N2CCCCC2)c(Cl)c1. The molecule has 1 aromatic carbocycles. The Labute approximate surface area is 148 Å². The highest BCUT2D eigenvalue weighted by Gasteiger charge is 2.14. The van der Waals surface area contributed by atoms with Crippen LogP contribution in [0.3, 0.4) is 0 Å². The molecule has 1 aromatic rings. The van der Waals surface area contributed by atoms with Crippen LogP contribution in [0, 0.1) is 0 Å². The van der Waals surface area contributed by atoms with E-state index in [0.717, 1.165) is 18.8 Å². The molecular weight excluding hydrogens is 328 g/mol. The Kier molecular flexibility index (Phi) is 6.73. The molecule has 0 aromatic heterocycles. The van der Waals surface area contributed by atoms with Crippen molar-refractivity contribution in [2.75, 3.05) is 43.9 Å². The van der Waals surface area contributed by atoms with Gasteiger partial charge in [-0.2, -0.15) is 0 Å². The zero-order chi connectivity index (χ0) is 17.5. The number of rotatable bonds is 5. The van der Waals surface area contributed by atoms with Crippen molar-refractivity contribution in [2.24, 2.45) is 0 Å². The minimum atomic E-state index is -0.344. The molecule has 1 aliphatic heterocycles. The summed E-state index contributed by atoms with van der Waals surface area (Å²) in [5.74, 6) is -0.0239. The van der Waals surface area contributed by atoms with Gasteiger partial charge in [-0.15, -0.1) is 0 Å². The van der Waals surface area contributed by atoms with Gasteiger partial charge in [-0.1, -0.05) is 11.6 Å². The molecule has 7 heteroatoms. The second kappa shape index (κ2) is 8.78. The van der Waals surface area contributed by atoms with Gasteiger partial charge in [-0.05, 0) is 37.5 Å². The molecule has 0 radical (unpaired) electrons. The number of nitrogens with one attached hydrogen (secondary N) is 2. The van der Waals surface area contributed by atoms with E-state index in [1.165, 1.54) is 24.2 Å². The topological polar surface area (TPSA) is 64.7 Å². The molecule has 0 aliphatic carbocycles. The van der Waals surface area contributed by atoms with Gasteiger partial charge >= 0.3 is 6.03 Å². The minimum absolute atomic E-state index is 0.0239. The van der Waals surface area contributed by atoms with Gasteiger partial charge in [0, 0.05) is 45.8 Å². The number of hydrogen-bond acceptors (Lipinski definition) is 3. The molecule has 132 valence electrons. The first-order valence-corrected chi connectivity index (χ1v) is 8.64. The third kappa shape index (κ3) is 5.30. The van der Waals surface area contributed by atoms with E-state index in [4.69, 9.17) is 11.6 Å². The quantitative estimate of drug-likeness (QED) is 0.856. The number of anilines is 2. The number of piperidine rings is 1. The van der Waals surface area contributed by atoms with Crippen LogP contribution in [0.1, 0.15) is 25.7 Å².